The molecule has 1 aromatic carbocycles. The maximum atomic E-state index is 5.86. The SMILES string of the molecule is CC(C)Nc1nc(N)cc(-c2ccc3c(N)n[nH]c3c2)n1. The Morgan fingerprint density at radius 2 is 1.95 bits per heavy atom. The normalized spacial score (nSPS) is 11.2. The molecule has 0 unspecified atom stereocenters. The highest BCUT2D eigenvalue weighted by Gasteiger charge is 2.09. The van der Waals surface area contributed by atoms with E-state index in [1.54, 1.807) is 6.07 Å². The minimum atomic E-state index is 0.231. The first kappa shape index (κ1) is 13.2. The summed E-state index contributed by atoms with van der Waals surface area (Å²) in [5.74, 6) is 1.43. The number of anilines is 3. The van der Waals surface area contributed by atoms with Gasteiger partial charge in [-0.25, -0.2) is 4.98 Å². The van der Waals surface area contributed by atoms with E-state index in [1.165, 1.54) is 0 Å². The third-order valence-corrected chi connectivity index (χ3v) is 3.05. The van der Waals surface area contributed by atoms with Crippen LogP contribution in [0.3, 0.4) is 0 Å². The van der Waals surface area contributed by atoms with E-state index < -0.39 is 0 Å². The van der Waals surface area contributed by atoms with Gasteiger partial charge in [0.15, 0.2) is 5.82 Å². The molecule has 108 valence electrons. The summed E-state index contributed by atoms with van der Waals surface area (Å²) in [6, 6.07) is 7.77. The van der Waals surface area contributed by atoms with Gasteiger partial charge in [-0.05, 0) is 26.0 Å². The van der Waals surface area contributed by atoms with Gasteiger partial charge in [0.05, 0.1) is 11.2 Å². The van der Waals surface area contributed by atoms with Gasteiger partial charge in [-0.2, -0.15) is 10.1 Å². The summed E-state index contributed by atoms with van der Waals surface area (Å²) < 4.78 is 0. The van der Waals surface area contributed by atoms with Crippen molar-refractivity contribution in [2.45, 2.75) is 19.9 Å². The zero-order chi connectivity index (χ0) is 15.0. The summed E-state index contributed by atoms with van der Waals surface area (Å²) in [6.45, 7) is 4.04. The maximum Gasteiger partial charge on any atom is 0.225 e. The van der Waals surface area contributed by atoms with E-state index in [0.717, 1.165) is 22.2 Å². The number of rotatable bonds is 3. The van der Waals surface area contributed by atoms with Crippen LogP contribution < -0.4 is 16.8 Å². The number of H-pyrrole nitrogens is 1. The molecule has 3 rings (SSSR count). The highest BCUT2D eigenvalue weighted by Crippen LogP contribution is 2.26. The molecule has 0 saturated carbocycles. The summed E-state index contributed by atoms with van der Waals surface area (Å²) in [4.78, 5) is 8.67. The lowest BCUT2D eigenvalue weighted by molar-refractivity contribution is 0.876. The number of benzene rings is 1. The van der Waals surface area contributed by atoms with Crippen LogP contribution >= 0.6 is 0 Å². The number of aromatic nitrogens is 4. The second-order valence-electron chi connectivity index (χ2n) is 5.17. The molecule has 0 atom stereocenters. The molecule has 0 aliphatic carbocycles. The highest BCUT2D eigenvalue weighted by atomic mass is 15.2. The highest BCUT2D eigenvalue weighted by molar-refractivity contribution is 5.91. The number of nitrogens with zero attached hydrogens (tertiary/aromatic N) is 3. The molecule has 0 spiro atoms. The summed E-state index contributed by atoms with van der Waals surface area (Å²) in [5.41, 5.74) is 14.2. The summed E-state index contributed by atoms with van der Waals surface area (Å²) in [6.07, 6.45) is 0. The van der Waals surface area contributed by atoms with Gasteiger partial charge in [0.1, 0.15) is 5.82 Å². The number of hydrogen-bond donors (Lipinski definition) is 4. The summed E-state index contributed by atoms with van der Waals surface area (Å²) >= 11 is 0. The lowest BCUT2D eigenvalue weighted by Crippen LogP contribution is -2.13. The molecular weight excluding hydrogens is 266 g/mol. The van der Waals surface area contributed by atoms with Crippen LogP contribution in [0.1, 0.15) is 13.8 Å². The van der Waals surface area contributed by atoms with Crippen molar-refractivity contribution in [2.24, 2.45) is 0 Å². The van der Waals surface area contributed by atoms with Crippen molar-refractivity contribution < 1.29 is 0 Å². The number of nitrogens with one attached hydrogen (secondary N) is 2. The van der Waals surface area contributed by atoms with Gasteiger partial charge in [-0.3, -0.25) is 5.10 Å². The fourth-order valence-electron chi connectivity index (χ4n) is 2.14. The largest absolute Gasteiger partial charge is 0.384 e. The molecule has 6 N–H and O–H groups in total. The van der Waals surface area contributed by atoms with E-state index in [2.05, 4.69) is 25.5 Å². The van der Waals surface area contributed by atoms with Gasteiger partial charge >= 0.3 is 0 Å². The van der Waals surface area contributed by atoms with Gasteiger partial charge in [0, 0.05) is 23.1 Å². The smallest absolute Gasteiger partial charge is 0.225 e. The van der Waals surface area contributed by atoms with Crippen LogP contribution in [0, 0.1) is 0 Å². The lowest BCUT2D eigenvalue weighted by Gasteiger charge is -2.10. The quantitative estimate of drug-likeness (QED) is 0.584. The minimum absolute atomic E-state index is 0.231. The molecule has 21 heavy (non-hydrogen) atoms. The maximum absolute atomic E-state index is 5.86. The van der Waals surface area contributed by atoms with E-state index in [-0.39, 0.29) is 6.04 Å². The Kier molecular flexibility index (Phi) is 3.09. The lowest BCUT2D eigenvalue weighted by atomic mass is 10.1. The van der Waals surface area contributed by atoms with Crippen molar-refractivity contribution in [2.75, 3.05) is 16.8 Å². The van der Waals surface area contributed by atoms with Gasteiger partial charge in [0.25, 0.3) is 0 Å². The minimum Gasteiger partial charge on any atom is -0.384 e. The second kappa shape index (κ2) is 4.93. The number of aromatic amines is 1. The standard InChI is InChI=1S/C14H17N7/c1-7(2)17-14-18-10(6-12(15)19-14)8-3-4-9-11(5-8)20-21-13(9)16/h3-7H,1-2H3,(H3,16,20,21)(H3,15,17,18,19). The summed E-state index contributed by atoms with van der Waals surface area (Å²) in [5, 5.41) is 10.9. The Bertz CT molecular complexity index is 791. The van der Waals surface area contributed by atoms with E-state index in [1.807, 2.05) is 32.0 Å². The average molecular weight is 283 g/mol. The third-order valence-electron chi connectivity index (χ3n) is 3.05. The van der Waals surface area contributed by atoms with Gasteiger partial charge in [-0.15, -0.1) is 0 Å². The number of nitrogens with two attached hydrogens (primary N) is 2. The van der Waals surface area contributed by atoms with Crippen molar-refractivity contribution in [3.63, 3.8) is 0 Å². The first-order chi connectivity index (χ1) is 10.0. The van der Waals surface area contributed by atoms with Crippen molar-refractivity contribution in [3.8, 4) is 11.3 Å². The monoisotopic (exact) mass is 283 g/mol. The predicted octanol–water partition coefficient (Wildman–Crippen LogP) is 2.00. The van der Waals surface area contributed by atoms with Gasteiger partial charge < -0.3 is 16.8 Å². The Morgan fingerprint density at radius 3 is 2.71 bits per heavy atom. The van der Waals surface area contributed by atoms with E-state index in [0.29, 0.717) is 17.6 Å². The van der Waals surface area contributed by atoms with E-state index in [4.69, 9.17) is 11.5 Å². The zero-order valence-corrected chi connectivity index (χ0v) is 11.9. The van der Waals surface area contributed by atoms with Crippen LogP contribution in [0.2, 0.25) is 0 Å². The molecular formula is C14H17N7. The second-order valence-corrected chi connectivity index (χ2v) is 5.17. The molecule has 0 bridgehead atoms. The molecule has 3 aromatic rings. The van der Waals surface area contributed by atoms with Crippen molar-refractivity contribution >= 4 is 28.5 Å². The van der Waals surface area contributed by atoms with Crippen LogP contribution in [0.15, 0.2) is 24.3 Å². The molecule has 0 aliphatic rings. The number of fused-ring (bicyclic) bond motifs is 1. The average Bonchev–Trinajstić information content (AvgIpc) is 2.78. The molecule has 0 radical (unpaired) electrons. The van der Waals surface area contributed by atoms with Crippen LogP contribution in [-0.2, 0) is 0 Å². The Labute approximate surface area is 121 Å². The molecule has 0 saturated heterocycles. The molecule has 7 nitrogen and oxygen atoms in total. The van der Waals surface area contributed by atoms with Crippen LogP contribution in [-0.4, -0.2) is 26.2 Å². The molecule has 0 fully saturated rings. The zero-order valence-electron chi connectivity index (χ0n) is 11.9. The Morgan fingerprint density at radius 1 is 1.14 bits per heavy atom. The van der Waals surface area contributed by atoms with Crippen LogP contribution in [0.5, 0.6) is 0 Å². The van der Waals surface area contributed by atoms with E-state index >= 15 is 0 Å². The molecule has 7 heteroatoms. The molecule has 0 aliphatic heterocycles. The molecule has 2 heterocycles. The fourth-order valence-corrected chi connectivity index (χ4v) is 2.14. The topological polar surface area (TPSA) is 119 Å². The molecule has 0 amide bonds. The fraction of sp³-hybridized carbons (Fsp3) is 0.214. The summed E-state index contributed by atoms with van der Waals surface area (Å²) in [7, 11) is 0. The molecule has 2 aromatic heterocycles. The van der Waals surface area contributed by atoms with Crippen LogP contribution in [0.4, 0.5) is 17.6 Å². The first-order valence-corrected chi connectivity index (χ1v) is 6.68. The first-order valence-electron chi connectivity index (χ1n) is 6.68. The Balaban J connectivity index is 2.06. The van der Waals surface area contributed by atoms with Crippen LogP contribution in [0.25, 0.3) is 22.2 Å². The third kappa shape index (κ3) is 2.58. The van der Waals surface area contributed by atoms with E-state index in [9.17, 15) is 0 Å². The van der Waals surface area contributed by atoms with Crippen molar-refractivity contribution in [1.29, 1.82) is 0 Å². The van der Waals surface area contributed by atoms with Gasteiger partial charge in [-0.1, -0.05) is 6.07 Å². The van der Waals surface area contributed by atoms with Crippen molar-refractivity contribution in [3.05, 3.63) is 24.3 Å². The van der Waals surface area contributed by atoms with Crippen molar-refractivity contribution in [1.82, 2.24) is 20.2 Å². The number of hydrogen-bond acceptors (Lipinski definition) is 6. The predicted molar refractivity (Wildman–Crippen MR) is 84.7 cm³/mol. The Hall–Kier alpha value is -2.83. The number of nitrogen functional groups attached to an aromatic ring is 2. The van der Waals surface area contributed by atoms with Gasteiger partial charge in [0.2, 0.25) is 5.95 Å².